The lowest BCUT2D eigenvalue weighted by Crippen LogP contribution is -2.22. The van der Waals surface area contributed by atoms with Gasteiger partial charge in [-0.1, -0.05) is 25.1 Å². The third-order valence-corrected chi connectivity index (χ3v) is 3.84. The number of hydrogen-bond acceptors (Lipinski definition) is 4. The van der Waals surface area contributed by atoms with Crippen molar-refractivity contribution < 1.29 is 14.3 Å². The van der Waals surface area contributed by atoms with E-state index in [0.717, 1.165) is 28.9 Å². The van der Waals surface area contributed by atoms with Crippen LogP contribution in [0.25, 0.3) is 0 Å². The number of ether oxygens (including phenoxy) is 2. The summed E-state index contributed by atoms with van der Waals surface area (Å²) >= 11 is 0. The van der Waals surface area contributed by atoms with Crippen molar-refractivity contribution in [3.05, 3.63) is 47.5 Å². The Morgan fingerprint density at radius 1 is 1.08 bits per heavy atom. The number of benzene rings is 2. The Hall–Kier alpha value is -2.69. The first-order valence-electron chi connectivity index (χ1n) is 7.93. The summed E-state index contributed by atoms with van der Waals surface area (Å²) in [5.41, 5.74) is 3.89. The third kappa shape index (κ3) is 4.19. The summed E-state index contributed by atoms with van der Waals surface area (Å²) in [6, 6.07) is 11.5. The van der Waals surface area contributed by atoms with E-state index in [4.69, 9.17) is 9.47 Å². The minimum absolute atomic E-state index is 0.0891. The van der Waals surface area contributed by atoms with Crippen LogP contribution in [0.1, 0.15) is 18.1 Å². The molecule has 24 heavy (non-hydrogen) atoms. The van der Waals surface area contributed by atoms with Crippen LogP contribution in [0.3, 0.4) is 0 Å². The molecule has 0 saturated heterocycles. The molecule has 0 saturated carbocycles. The van der Waals surface area contributed by atoms with Crippen LogP contribution < -0.4 is 20.1 Å². The van der Waals surface area contributed by atoms with E-state index < -0.39 is 0 Å². The van der Waals surface area contributed by atoms with Crippen molar-refractivity contribution in [2.24, 2.45) is 0 Å². The molecule has 0 spiro atoms. The summed E-state index contributed by atoms with van der Waals surface area (Å²) in [4.78, 5) is 12.3. The molecule has 0 bridgehead atoms. The van der Waals surface area contributed by atoms with Crippen LogP contribution >= 0.6 is 0 Å². The van der Waals surface area contributed by atoms with Crippen LogP contribution in [0.15, 0.2) is 36.4 Å². The highest BCUT2D eigenvalue weighted by Gasteiger charge is 2.09. The second-order valence-corrected chi connectivity index (χ2v) is 5.43. The fourth-order valence-corrected chi connectivity index (χ4v) is 2.51. The van der Waals surface area contributed by atoms with Gasteiger partial charge in [0.05, 0.1) is 20.8 Å². The normalized spacial score (nSPS) is 10.2. The largest absolute Gasteiger partial charge is 0.493 e. The van der Waals surface area contributed by atoms with Crippen LogP contribution in [0, 0.1) is 6.92 Å². The number of amides is 1. The third-order valence-electron chi connectivity index (χ3n) is 3.84. The lowest BCUT2D eigenvalue weighted by Gasteiger charge is -2.14. The molecule has 0 heterocycles. The van der Waals surface area contributed by atoms with Gasteiger partial charge in [0, 0.05) is 17.4 Å². The molecule has 2 aromatic rings. The molecular weight excluding hydrogens is 304 g/mol. The van der Waals surface area contributed by atoms with E-state index in [2.05, 4.69) is 17.6 Å². The Balaban J connectivity index is 2.01. The Labute approximate surface area is 143 Å². The molecule has 0 radical (unpaired) electrons. The van der Waals surface area contributed by atoms with Crippen molar-refractivity contribution in [3.63, 3.8) is 0 Å². The monoisotopic (exact) mass is 328 g/mol. The van der Waals surface area contributed by atoms with Crippen LogP contribution in [0.5, 0.6) is 11.5 Å². The topological polar surface area (TPSA) is 59.6 Å². The molecule has 2 aromatic carbocycles. The summed E-state index contributed by atoms with van der Waals surface area (Å²) in [7, 11) is 3.17. The maximum atomic E-state index is 12.3. The van der Waals surface area contributed by atoms with Gasteiger partial charge in [-0.2, -0.15) is 0 Å². The van der Waals surface area contributed by atoms with E-state index in [1.54, 1.807) is 26.4 Å². The van der Waals surface area contributed by atoms with E-state index in [1.165, 1.54) is 0 Å². The van der Waals surface area contributed by atoms with Gasteiger partial charge in [-0.15, -0.1) is 0 Å². The van der Waals surface area contributed by atoms with Gasteiger partial charge in [0.25, 0.3) is 0 Å². The Morgan fingerprint density at radius 3 is 2.50 bits per heavy atom. The average molecular weight is 328 g/mol. The molecule has 0 unspecified atom stereocenters. The zero-order chi connectivity index (χ0) is 17.5. The summed E-state index contributed by atoms with van der Waals surface area (Å²) in [6.07, 6.45) is 0.875. The Bertz CT molecular complexity index is 714. The number of carbonyl (C=O) groups excluding carboxylic acids is 1. The summed E-state index contributed by atoms with van der Waals surface area (Å²) in [5.74, 6) is 1.18. The minimum atomic E-state index is -0.0891. The van der Waals surface area contributed by atoms with E-state index in [-0.39, 0.29) is 12.5 Å². The molecule has 1 amide bonds. The van der Waals surface area contributed by atoms with Crippen molar-refractivity contribution in [1.82, 2.24) is 0 Å². The molecule has 0 aliphatic heterocycles. The molecule has 5 nitrogen and oxygen atoms in total. The fraction of sp³-hybridized carbons (Fsp3) is 0.316. The van der Waals surface area contributed by atoms with Gasteiger partial charge in [0.2, 0.25) is 5.91 Å². The van der Waals surface area contributed by atoms with E-state index in [1.807, 2.05) is 31.2 Å². The first-order valence-corrected chi connectivity index (χ1v) is 7.93. The SMILES string of the molecule is CCc1cccc(C)c1NC(=O)CNc1ccc(OC)c(OC)c1. The molecule has 5 heteroatoms. The van der Waals surface area contributed by atoms with Crippen LogP contribution in [-0.4, -0.2) is 26.7 Å². The fourth-order valence-electron chi connectivity index (χ4n) is 2.51. The summed E-state index contributed by atoms with van der Waals surface area (Å²) < 4.78 is 10.5. The number of rotatable bonds is 7. The molecule has 2 N–H and O–H groups in total. The van der Waals surface area contributed by atoms with Gasteiger partial charge >= 0.3 is 0 Å². The maximum Gasteiger partial charge on any atom is 0.243 e. The summed E-state index contributed by atoms with van der Waals surface area (Å²) in [6.45, 7) is 4.25. The second kappa shape index (κ2) is 8.24. The number of methoxy groups -OCH3 is 2. The lowest BCUT2D eigenvalue weighted by molar-refractivity contribution is -0.114. The van der Waals surface area contributed by atoms with Gasteiger partial charge in [-0.25, -0.2) is 0 Å². The minimum Gasteiger partial charge on any atom is -0.493 e. The Kier molecular flexibility index (Phi) is 6.07. The van der Waals surface area contributed by atoms with Crippen LogP contribution in [0.2, 0.25) is 0 Å². The number of anilines is 2. The first-order chi connectivity index (χ1) is 11.6. The molecule has 128 valence electrons. The molecule has 0 aromatic heterocycles. The number of aryl methyl sites for hydroxylation is 2. The molecule has 2 rings (SSSR count). The molecule has 0 atom stereocenters. The van der Waals surface area contributed by atoms with Gasteiger partial charge in [-0.3, -0.25) is 4.79 Å². The van der Waals surface area contributed by atoms with E-state index in [0.29, 0.717) is 11.5 Å². The van der Waals surface area contributed by atoms with Gasteiger partial charge < -0.3 is 20.1 Å². The van der Waals surface area contributed by atoms with E-state index >= 15 is 0 Å². The summed E-state index contributed by atoms with van der Waals surface area (Å²) in [5, 5.41) is 6.09. The van der Waals surface area contributed by atoms with Crippen molar-refractivity contribution in [2.45, 2.75) is 20.3 Å². The van der Waals surface area contributed by atoms with Crippen LogP contribution in [0.4, 0.5) is 11.4 Å². The highest BCUT2D eigenvalue weighted by Crippen LogP contribution is 2.29. The molecule has 0 aliphatic carbocycles. The lowest BCUT2D eigenvalue weighted by atomic mass is 10.1. The van der Waals surface area contributed by atoms with E-state index in [9.17, 15) is 4.79 Å². The number of hydrogen-bond donors (Lipinski definition) is 2. The van der Waals surface area contributed by atoms with Crippen LogP contribution in [-0.2, 0) is 11.2 Å². The smallest absolute Gasteiger partial charge is 0.243 e. The van der Waals surface area contributed by atoms with Crippen molar-refractivity contribution >= 4 is 17.3 Å². The van der Waals surface area contributed by atoms with Gasteiger partial charge in [-0.05, 0) is 36.6 Å². The number of carbonyl (C=O) groups is 1. The van der Waals surface area contributed by atoms with Crippen molar-refractivity contribution in [2.75, 3.05) is 31.4 Å². The molecule has 0 fully saturated rings. The average Bonchev–Trinajstić information content (AvgIpc) is 2.61. The zero-order valence-corrected chi connectivity index (χ0v) is 14.6. The number of para-hydroxylation sites is 1. The van der Waals surface area contributed by atoms with Crippen molar-refractivity contribution in [3.8, 4) is 11.5 Å². The molecular formula is C19H24N2O3. The predicted molar refractivity (Wildman–Crippen MR) is 97.2 cm³/mol. The first kappa shape index (κ1) is 17.7. The quantitative estimate of drug-likeness (QED) is 0.815. The predicted octanol–water partition coefficient (Wildman–Crippen LogP) is 3.63. The standard InChI is InChI=1S/C19H24N2O3/c1-5-14-8-6-7-13(2)19(14)21-18(22)12-20-15-9-10-16(23-3)17(11-15)24-4/h6-11,20H,5,12H2,1-4H3,(H,21,22). The van der Waals surface area contributed by atoms with Gasteiger partial charge in [0.1, 0.15) is 0 Å². The number of nitrogens with one attached hydrogen (secondary N) is 2. The highest BCUT2D eigenvalue weighted by molar-refractivity contribution is 5.95. The maximum absolute atomic E-state index is 12.3. The second-order valence-electron chi connectivity index (χ2n) is 5.43. The zero-order valence-electron chi connectivity index (χ0n) is 14.6. The molecule has 0 aliphatic rings. The van der Waals surface area contributed by atoms with Gasteiger partial charge in [0.15, 0.2) is 11.5 Å². The highest BCUT2D eigenvalue weighted by atomic mass is 16.5. The van der Waals surface area contributed by atoms with Crippen molar-refractivity contribution in [1.29, 1.82) is 0 Å². The Morgan fingerprint density at radius 2 is 1.83 bits per heavy atom.